The number of rotatable bonds is 2. The Labute approximate surface area is 113 Å². The lowest BCUT2D eigenvalue weighted by Crippen LogP contribution is -2.36. The van der Waals surface area contributed by atoms with Crippen molar-refractivity contribution in [3.8, 4) is 0 Å². The first-order valence-electron chi connectivity index (χ1n) is 6.86. The minimum absolute atomic E-state index is 0.213. The summed E-state index contributed by atoms with van der Waals surface area (Å²) in [5.74, 6) is -1.47. The van der Waals surface area contributed by atoms with Gasteiger partial charge in [0.05, 0.1) is 13.7 Å². The molecule has 2 fully saturated rings. The predicted octanol–water partition coefficient (Wildman–Crippen LogP) is 2.50. The maximum atomic E-state index is 11.1. The van der Waals surface area contributed by atoms with Crippen molar-refractivity contribution in [2.75, 3.05) is 13.7 Å². The molecule has 1 saturated heterocycles. The normalized spacial score (nSPS) is 31.3. The van der Waals surface area contributed by atoms with Crippen molar-refractivity contribution in [1.82, 2.24) is 0 Å². The van der Waals surface area contributed by atoms with Crippen LogP contribution in [0.15, 0.2) is 12.2 Å². The van der Waals surface area contributed by atoms with E-state index in [1.165, 1.54) is 25.7 Å². The Kier molecular flexibility index (Phi) is 4.60. The molecule has 5 heteroatoms. The molecular weight excluding hydrogens is 248 g/mol. The third-order valence-electron chi connectivity index (χ3n) is 3.82. The summed E-state index contributed by atoms with van der Waals surface area (Å²) in [6.07, 6.45) is 9.25. The van der Waals surface area contributed by atoms with Gasteiger partial charge in [0.15, 0.2) is 0 Å². The van der Waals surface area contributed by atoms with E-state index >= 15 is 0 Å². The Morgan fingerprint density at radius 1 is 1.16 bits per heavy atom. The number of carbonyl (C=O) groups excluding carboxylic acids is 1. The summed E-state index contributed by atoms with van der Waals surface area (Å²) in [5, 5.41) is 0. The minimum atomic E-state index is -1.03. The van der Waals surface area contributed by atoms with E-state index in [0.29, 0.717) is 6.61 Å². The second-order valence-corrected chi connectivity index (χ2v) is 5.38. The first kappa shape index (κ1) is 14.5. The van der Waals surface area contributed by atoms with Crippen molar-refractivity contribution in [2.45, 2.75) is 56.8 Å². The molecule has 1 spiro atoms. The number of carbonyl (C=O) groups is 1. The minimum Gasteiger partial charge on any atom is -0.466 e. The molecular formula is C14H22O5. The number of hydrogen-bond acceptors (Lipinski definition) is 5. The van der Waals surface area contributed by atoms with Gasteiger partial charge in [0.1, 0.15) is 5.60 Å². The number of ether oxygens (including phenoxy) is 2. The zero-order chi connectivity index (χ0) is 13.8. The van der Waals surface area contributed by atoms with Gasteiger partial charge in [-0.15, -0.1) is 0 Å². The highest BCUT2D eigenvalue weighted by molar-refractivity contribution is 5.81. The fourth-order valence-electron chi connectivity index (χ4n) is 2.57. The van der Waals surface area contributed by atoms with Crippen LogP contribution in [0, 0.1) is 0 Å². The Bertz CT molecular complexity index is 346. The molecule has 1 atom stereocenters. The van der Waals surface area contributed by atoms with Gasteiger partial charge < -0.3 is 9.47 Å². The molecule has 2 aliphatic rings. The molecule has 5 nitrogen and oxygen atoms in total. The number of esters is 1. The first-order valence-corrected chi connectivity index (χ1v) is 6.86. The largest absolute Gasteiger partial charge is 0.466 e. The average molecular weight is 270 g/mol. The van der Waals surface area contributed by atoms with Crippen LogP contribution in [0.25, 0.3) is 0 Å². The van der Waals surface area contributed by atoms with Crippen molar-refractivity contribution in [1.29, 1.82) is 0 Å². The SMILES string of the molecule is COC(=O)/C=C/C1(C)OCCC2(CCCCC2)OO1. The molecule has 19 heavy (non-hydrogen) atoms. The van der Waals surface area contributed by atoms with E-state index in [1.807, 2.05) is 0 Å². The number of hydrogen-bond donors (Lipinski definition) is 0. The molecule has 1 unspecified atom stereocenters. The zero-order valence-corrected chi connectivity index (χ0v) is 11.6. The van der Waals surface area contributed by atoms with Gasteiger partial charge in [0.25, 0.3) is 0 Å². The molecule has 1 aliphatic heterocycles. The summed E-state index contributed by atoms with van der Waals surface area (Å²) < 4.78 is 10.2. The highest BCUT2D eigenvalue weighted by Gasteiger charge is 2.40. The van der Waals surface area contributed by atoms with Gasteiger partial charge in [-0.05, 0) is 25.8 Å². The van der Waals surface area contributed by atoms with Crippen LogP contribution in [0.3, 0.4) is 0 Å². The van der Waals surface area contributed by atoms with E-state index in [9.17, 15) is 4.79 Å². The quantitative estimate of drug-likeness (QED) is 0.438. The molecule has 1 aliphatic carbocycles. The van der Waals surface area contributed by atoms with Gasteiger partial charge in [-0.25, -0.2) is 9.68 Å². The molecule has 0 aromatic heterocycles. The van der Waals surface area contributed by atoms with Gasteiger partial charge in [0, 0.05) is 12.5 Å². The maximum absolute atomic E-state index is 11.1. The molecule has 0 N–H and O–H groups in total. The third kappa shape index (κ3) is 3.78. The molecule has 1 heterocycles. The van der Waals surface area contributed by atoms with E-state index in [2.05, 4.69) is 4.74 Å². The van der Waals surface area contributed by atoms with Crippen molar-refractivity contribution in [2.24, 2.45) is 0 Å². The third-order valence-corrected chi connectivity index (χ3v) is 3.82. The predicted molar refractivity (Wildman–Crippen MR) is 68.1 cm³/mol. The zero-order valence-electron chi connectivity index (χ0n) is 11.6. The van der Waals surface area contributed by atoms with Crippen LogP contribution in [0.5, 0.6) is 0 Å². The second-order valence-electron chi connectivity index (χ2n) is 5.38. The smallest absolute Gasteiger partial charge is 0.330 e. The Morgan fingerprint density at radius 2 is 1.89 bits per heavy atom. The van der Waals surface area contributed by atoms with E-state index < -0.39 is 11.8 Å². The molecule has 0 aromatic rings. The van der Waals surface area contributed by atoms with E-state index in [-0.39, 0.29) is 5.60 Å². The van der Waals surface area contributed by atoms with Crippen LogP contribution in [-0.2, 0) is 24.0 Å². The van der Waals surface area contributed by atoms with Gasteiger partial charge in [-0.3, -0.25) is 0 Å². The van der Waals surface area contributed by atoms with E-state index in [4.69, 9.17) is 14.5 Å². The van der Waals surface area contributed by atoms with Gasteiger partial charge in [0.2, 0.25) is 5.79 Å². The van der Waals surface area contributed by atoms with Crippen LogP contribution in [0.1, 0.15) is 45.4 Å². The van der Waals surface area contributed by atoms with E-state index in [0.717, 1.165) is 32.1 Å². The standard InChI is InChI=1S/C14H22O5/c1-13(9-6-12(15)16-2)17-11-10-14(19-18-13)7-4-3-5-8-14/h6,9H,3-5,7-8,10-11H2,1-2H3/b9-6+. The monoisotopic (exact) mass is 270 g/mol. The van der Waals surface area contributed by atoms with E-state index in [1.54, 1.807) is 6.92 Å². The van der Waals surface area contributed by atoms with Crippen LogP contribution in [-0.4, -0.2) is 31.1 Å². The molecule has 0 amide bonds. The van der Waals surface area contributed by atoms with Gasteiger partial charge in [-0.2, -0.15) is 4.89 Å². The fourth-order valence-corrected chi connectivity index (χ4v) is 2.57. The van der Waals surface area contributed by atoms with Crippen LogP contribution in [0.4, 0.5) is 0 Å². The lowest BCUT2D eigenvalue weighted by atomic mass is 9.83. The van der Waals surface area contributed by atoms with Crippen LogP contribution >= 0.6 is 0 Å². The Morgan fingerprint density at radius 3 is 2.58 bits per heavy atom. The number of methoxy groups -OCH3 is 1. The Balaban J connectivity index is 1.98. The molecule has 0 radical (unpaired) electrons. The highest BCUT2D eigenvalue weighted by atomic mass is 17.2. The molecule has 0 bridgehead atoms. The molecule has 0 aromatic carbocycles. The van der Waals surface area contributed by atoms with Crippen LogP contribution < -0.4 is 0 Å². The van der Waals surface area contributed by atoms with Crippen molar-refractivity contribution in [3.05, 3.63) is 12.2 Å². The first-order chi connectivity index (χ1) is 9.08. The molecule has 108 valence electrons. The summed E-state index contributed by atoms with van der Waals surface area (Å²) in [4.78, 5) is 22.3. The summed E-state index contributed by atoms with van der Waals surface area (Å²) in [6, 6.07) is 0. The maximum Gasteiger partial charge on any atom is 0.330 e. The average Bonchev–Trinajstić information content (AvgIpc) is 2.58. The van der Waals surface area contributed by atoms with Crippen LogP contribution in [0.2, 0.25) is 0 Å². The van der Waals surface area contributed by atoms with Crippen molar-refractivity contribution < 1.29 is 24.0 Å². The molecule has 2 rings (SSSR count). The topological polar surface area (TPSA) is 54.0 Å². The lowest BCUT2D eigenvalue weighted by molar-refractivity contribution is -0.433. The second kappa shape index (κ2) is 6.03. The summed E-state index contributed by atoms with van der Waals surface area (Å²) in [6.45, 7) is 2.29. The van der Waals surface area contributed by atoms with Gasteiger partial charge >= 0.3 is 5.97 Å². The summed E-state index contributed by atoms with van der Waals surface area (Å²) in [5.41, 5.74) is -0.213. The Hall–Kier alpha value is -0.910. The summed E-state index contributed by atoms with van der Waals surface area (Å²) >= 11 is 0. The fraction of sp³-hybridized carbons (Fsp3) is 0.786. The van der Waals surface area contributed by atoms with Crippen molar-refractivity contribution >= 4 is 5.97 Å². The van der Waals surface area contributed by atoms with Crippen molar-refractivity contribution in [3.63, 3.8) is 0 Å². The van der Waals surface area contributed by atoms with Gasteiger partial charge in [-0.1, -0.05) is 19.3 Å². The summed E-state index contributed by atoms with van der Waals surface area (Å²) in [7, 11) is 1.33. The highest BCUT2D eigenvalue weighted by Crippen LogP contribution is 2.38. The lowest BCUT2D eigenvalue weighted by Gasteiger charge is -2.34. The molecule has 1 saturated carbocycles.